The average Bonchev–Trinajstić information content (AvgIpc) is 2.97. The lowest BCUT2D eigenvalue weighted by atomic mass is 10.2. The molecule has 21 heavy (non-hydrogen) atoms. The quantitative estimate of drug-likeness (QED) is 0.449. The molecule has 0 saturated heterocycles. The topological polar surface area (TPSA) is 108 Å². The minimum atomic E-state index is -0.460. The summed E-state index contributed by atoms with van der Waals surface area (Å²) in [6.07, 6.45) is 0. The third kappa shape index (κ3) is 2.57. The Balaban J connectivity index is 1.93. The van der Waals surface area contributed by atoms with E-state index in [1.807, 2.05) is 6.07 Å². The molecule has 2 aromatic carbocycles. The molecule has 0 spiro atoms. The van der Waals surface area contributed by atoms with Crippen LogP contribution >= 0.6 is 0 Å². The van der Waals surface area contributed by atoms with Crippen LogP contribution in [0.1, 0.15) is 0 Å². The van der Waals surface area contributed by atoms with Gasteiger partial charge in [-0.15, -0.1) is 0 Å². The van der Waals surface area contributed by atoms with Crippen molar-refractivity contribution < 1.29 is 9.45 Å². The molecule has 0 aliphatic heterocycles. The minimum absolute atomic E-state index is 0.0123. The summed E-state index contributed by atoms with van der Waals surface area (Å²) in [5, 5.41) is 14.5. The third-order valence-electron chi connectivity index (χ3n) is 2.90. The predicted molar refractivity (Wildman–Crippen MR) is 76.2 cm³/mol. The van der Waals surface area contributed by atoms with Gasteiger partial charge in [0.15, 0.2) is 0 Å². The van der Waals surface area contributed by atoms with Crippen LogP contribution in [0.25, 0.3) is 22.8 Å². The lowest BCUT2D eigenvalue weighted by molar-refractivity contribution is -0.384. The van der Waals surface area contributed by atoms with Gasteiger partial charge in [0.2, 0.25) is 5.82 Å². The van der Waals surface area contributed by atoms with E-state index in [9.17, 15) is 10.1 Å². The van der Waals surface area contributed by atoms with E-state index in [1.54, 1.807) is 30.3 Å². The predicted octanol–water partition coefficient (Wildman–Crippen LogP) is 2.89. The molecule has 0 aliphatic carbocycles. The number of non-ortho nitro benzene ring substituents is 1. The van der Waals surface area contributed by atoms with Gasteiger partial charge in [-0.05, 0) is 30.3 Å². The third-order valence-corrected chi connectivity index (χ3v) is 2.90. The van der Waals surface area contributed by atoms with Gasteiger partial charge in [0.1, 0.15) is 0 Å². The SMILES string of the molecule is Nc1cccc(-c2nc(-c3ccc([N+](=O)[O-])cc3)no2)c1. The molecular weight excluding hydrogens is 272 g/mol. The first-order valence-corrected chi connectivity index (χ1v) is 6.08. The Morgan fingerprint density at radius 2 is 1.86 bits per heavy atom. The molecule has 7 nitrogen and oxygen atoms in total. The van der Waals surface area contributed by atoms with Gasteiger partial charge in [-0.3, -0.25) is 10.1 Å². The molecule has 1 heterocycles. The van der Waals surface area contributed by atoms with Gasteiger partial charge in [-0.1, -0.05) is 11.2 Å². The zero-order valence-corrected chi connectivity index (χ0v) is 10.8. The molecule has 0 aliphatic rings. The molecule has 0 saturated carbocycles. The summed E-state index contributed by atoms with van der Waals surface area (Å²) in [6, 6.07) is 13.0. The number of anilines is 1. The molecule has 0 fully saturated rings. The van der Waals surface area contributed by atoms with Crippen molar-refractivity contribution in [3.63, 3.8) is 0 Å². The van der Waals surface area contributed by atoms with Gasteiger partial charge in [0, 0.05) is 28.9 Å². The Kier molecular flexibility index (Phi) is 3.07. The van der Waals surface area contributed by atoms with Crippen molar-refractivity contribution in [2.45, 2.75) is 0 Å². The van der Waals surface area contributed by atoms with Crippen LogP contribution in [-0.4, -0.2) is 15.1 Å². The van der Waals surface area contributed by atoms with Crippen molar-refractivity contribution in [2.75, 3.05) is 5.73 Å². The van der Waals surface area contributed by atoms with E-state index in [0.717, 1.165) is 5.56 Å². The molecule has 3 rings (SSSR count). The smallest absolute Gasteiger partial charge is 0.269 e. The van der Waals surface area contributed by atoms with Crippen LogP contribution in [0.5, 0.6) is 0 Å². The number of hydrogen-bond donors (Lipinski definition) is 1. The van der Waals surface area contributed by atoms with E-state index >= 15 is 0 Å². The highest BCUT2D eigenvalue weighted by Gasteiger charge is 2.12. The monoisotopic (exact) mass is 282 g/mol. The lowest BCUT2D eigenvalue weighted by Crippen LogP contribution is -1.88. The second-order valence-corrected chi connectivity index (χ2v) is 4.35. The van der Waals surface area contributed by atoms with Gasteiger partial charge in [-0.25, -0.2) is 0 Å². The number of nitrogens with two attached hydrogens (primary N) is 1. The number of benzene rings is 2. The highest BCUT2D eigenvalue weighted by atomic mass is 16.6. The van der Waals surface area contributed by atoms with Gasteiger partial charge >= 0.3 is 0 Å². The summed E-state index contributed by atoms with van der Waals surface area (Å²) < 4.78 is 5.19. The van der Waals surface area contributed by atoms with Crippen molar-refractivity contribution in [3.8, 4) is 22.8 Å². The van der Waals surface area contributed by atoms with Crippen LogP contribution in [-0.2, 0) is 0 Å². The Morgan fingerprint density at radius 1 is 1.10 bits per heavy atom. The maximum absolute atomic E-state index is 10.6. The standard InChI is InChI=1S/C14H10N4O3/c15-11-3-1-2-10(8-11)14-16-13(17-21-14)9-4-6-12(7-5-9)18(19)20/h1-8H,15H2. The summed E-state index contributed by atoms with van der Waals surface area (Å²) >= 11 is 0. The summed E-state index contributed by atoms with van der Waals surface area (Å²) in [4.78, 5) is 14.4. The average molecular weight is 282 g/mol. The summed E-state index contributed by atoms with van der Waals surface area (Å²) in [5.41, 5.74) is 7.67. The van der Waals surface area contributed by atoms with E-state index < -0.39 is 4.92 Å². The van der Waals surface area contributed by atoms with E-state index in [2.05, 4.69) is 10.1 Å². The first-order chi connectivity index (χ1) is 10.1. The molecule has 0 unspecified atom stereocenters. The van der Waals surface area contributed by atoms with Crippen LogP contribution in [0.2, 0.25) is 0 Å². The van der Waals surface area contributed by atoms with Gasteiger partial charge in [0.05, 0.1) is 4.92 Å². The van der Waals surface area contributed by atoms with Crippen molar-refractivity contribution in [3.05, 3.63) is 58.6 Å². The van der Waals surface area contributed by atoms with E-state index in [4.69, 9.17) is 10.3 Å². The number of hydrogen-bond acceptors (Lipinski definition) is 6. The molecule has 0 amide bonds. The van der Waals surface area contributed by atoms with Gasteiger partial charge < -0.3 is 10.3 Å². The fourth-order valence-corrected chi connectivity index (χ4v) is 1.86. The Labute approximate surface area is 119 Å². The fraction of sp³-hybridized carbons (Fsp3) is 0. The second kappa shape index (κ2) is 5.04. The fourth-order valence-electron chi connectivity index (χ4n) is 1.86. The van der Waals surface area contributed by atoms with Crippen LogP contribution < -0.4 is 5.73 Å². The molecule has 3 aromatic rings. The minimum Gasteiger partial charge on any atom is -0.399 e. The number of nitro benzene ring substituents is 1. The van der Waals surface area contributed by atoms with Crippen molar-refractivity contribution >= 4 is 11.4 Å². The molecule has 7 heteroatoms. The van der Waals surface area contributed by atoms with Crippen molar-refractivity contribution in [1.82, 2.24) is 10.1 Å². The van der Waals surface area contributed by atoms with Crippen molar-refractivity contribution in [2.24, 2.45) is 0 Å². The molecule has 0 atom stereocenters. The summed E-state index contributed by atoms with van der Waals surface area (Å²) in [7, 11) is 0. The molecule has 104 valence electrons. The summed E-state index contributed by atoms with van der Waals surface area (Å²) in [5.74, 6) is 0.706. The lowest BCUT2D eigenvalue weighted by Gasteiger charge is -1.95. The molecule has 0 radical (unpaired) electrons. The Morgan fingerprint density at radius 3 is 2.52 bits per heavy atom. The normalized spacial score (nSPS) is 10.5. The van der Waals surface area contributed by atoms with Crippen LogP contribution in [0.3, 0.4) is 0 Å². The maximum Gasteiger partial charge on any atom is 0.269 e. The Hall–Kier alpha value is -3.22. The molecule has 2 N–H and O–H groups in total. The highest BCUT2D eigenvalue weighted by molar-refractivity contribution is 5.63. The number of nitro groups is 1. The molecule has 0 bridgehead atoms. The van der Waals surface area contributed by atoms with Crippen LogP contribution in [0.4, 0.5) is 11.4 Å². The van der Waals surface area contributed by atoms with Crippen molar-refractivity contribution in [1.29, 1.82) is 0 Å². The van der Waals surface area contributed by atoms with Gasteiger partial charge in [0.25, 0.3) is 11.6 Å². The molecular formula is C14H10N4O3. The largest absolute Gasteiger partial charge is 0.399 e. The first-order valence-electron chi connectivity index (χ1n) is 6.08. The van der Waals surface area contributed by atoms with E-state index in [0.29, 0.717) is 23.0 Å². The number of rotatable bonds is 3. The van der Waals surface area contributed by atoms with Crippen LogP contribution in [0, 0.1) is 10.1 Å². The van der Waals surface area contributed by atoms with E-state index in [1.165, 1.54) is 12.1 Å². The number of nitrogens with zero attached hydrogens (tertiary/aromatic N) is 3. The number of aromatic nitrogens is 2. The maximum atomic E-state index is 10.6. The second-order valence-electron chi connectivity index (χ2n) is 4.35. The van der Waals surface area contributed by atoms with E-state index in [-0.39, 0.29) is 5.69 Å². The van der Waals surface area contributed by atoms with Crippen LogP contribution in [0.15, 0.2) is 53.1 Å². The van der Waals surface area contributed by atoms with Gasteiger partial charge in [-0.2, -0.15) is 4.98 Å². The first kappa shape index (κ1) is 12.8. The number of nitrogen functional groups attached to an aromatic ring is 1. The highest BCUT2D eigenvalue weighted by Crippen LogP contribution is 2.24. The molecule has 1 aromatic heterocycles. The Bertz CT molecular complexity index is 796. The zero-order chi connectivity index (χ0) is 14.8. The summed E-state index contributed by atoms with van der Waals surface area (Å²) in [6.45, 7) is 0. The zero-order valence-electron chi connectivity index (χ0n) is 10.8.